The Morgan fingerprint density at radius 3 is 2.81 bits per heavy atom. The van der Waals surface area contributed by atoms with E-state index in [2.05, 4.69) is 6.58 Å². The quantitative estimate of drug-likeness (QED) is 0.844. The molecule has 1 aliphatic heterocycles. The van der Waals surface area contributed by atoms with E-state index in [0.29, 0.717) is 30.9 Å². The van der Waals surface area contributed by atoms with Gasteiger partial charge < -0.3 is 14.7 Å². The third kappa shape index (κ3) is 3.07. The van der Waals surface area contributed by atoms with E-state index in [4.69, 9.17) is 4.74 Å². The molecule has 5 heteroatoms. The van der Waals surface area contributed by atoms with Crippen molar-refractivity contribution in [2.75, 3.05) is 19.7 Å². The van der Waals surface area contributed by atoms with Crippen molar-refractivity contribution in [3.05, 3.63) is 42.5 Å². The highest BCUT2D eigenvalue weighted by atomic mass is 16.5. The van der Waals surface area contributed by atoms with Crippen molar-refractivity contribution in [2.45, 2.75) is 13.3 Å². The van der Waals surface area contributed by atoms with Gasteiger partial charge in [0.2, 0.25) is 0 Å². The number of ether oxygens (including phenoxy) is 1. The normalized spacial score (nSPS) is 21.1. The van der Waals surface area contributed by atoms with Crippen LogP contribution in [0.15, 0.2) is 36.9 Å². The number of rotatable bonds is 5. The topological polar surface area (TPSA) is 66.8 Å². The average molecular weight is 289 g/mol. The smallest absolute Gasteiger partial charge is 0.311 e. The number of benzene rings is 1. The van der Waals surface area contributed by atoms with Crippen LogP contribution in [0.4, 0.5) is 0 Å². The van der Waals surface area contributed by atoms with Crippen LogP contribution < -0.4 is 4.74 Å². The molecule has 0 radical (unpaired) electrons. The highest BCUT2D eigenvalue weighted by Crippen LogP contribution is 2.32. The summed E-state index contributed by atoms with van der Waals surface area (Å²) in [6, 6.07) is 6.97. The number of nitrogens with zero attached hydrogens (tertiary/aromatic N) is 1. The van der Waals surface area contributed by atoms with Crippen molar-refractivity contribution in [1.82, 2.24) is 4.90 Å². The summed E-state index contributed by atoms with van der Waals surface area (Å²) in [5.41, 5.74) is -0.416. The van der Waals surface area contributed by atoms with E-state index < -0.39 is 11.4 Å². The summed E-state index contributed by atoms with van der Waals surface area (Å²) in [5.74, 6) is -0.569. The Morgan fingerprint density at radius 1 is 1.48 bits per heavy atom. The minimum atomic E-state index is -0.868. The molecule has 0 bridgehead atoms. The molecule has 1 aromatic carbocycles. The second-order valence-corrected chi connectivity index (χ2v) is 5.44. The number of carbonyl (C=O) groups excluding carboxylic acids is 1. The highest BCUT2D eigenvalue weighted by Gasteiger charge is 2.42. The maximum atomic E-state index is 12.6. The first kappa shape index (κ1) is 15.1. The second kappa shape index (κ2) is 5.99. The minimum Gasteiger partial charge on any atom is -0.489 e. The van der Waals surface area contributed by atoms with E-state index in [1.165, 1.54) is 0 Å². The van der Waals surface area contributed by atoms with Crippen LogP contribution >= 0.6 is 0 Å². The van der Waals surface area contributed by atoms with Gasteiger partial charge in [-0.2, -0.15) is 0 Å². The number of carboxylic acid groups (broad SMARTS) is 1. The first-order valence-electron chi connectivity index (χ1n) is 6.83. The van der Waals surface area contributed by atoms with Gasteiger partial charge >= 0.3 is 5.97 Å². The van der Waals surface area contributed by atoms with Crippen molar-refractivity contribution < 1.29 is 19.4 Å². The third-order valence-corrected chi connectivity index (χ3v) is 3.75. The van der Waals surface area contributed by atoms with Gasteiger partial charge in [-0.05, 0) is 25.5 Å². The molecule has 1 heterocycles. The molecule has 5 nitrogen and oxygen atoms in total. The van der Waals surface area contributed by atoms with Gasteiger partial charge in [0.1, 0.15) is 12.4 Å². The van der Waals surface area contributed by atoms with Crippen LogP contribution in [0.2, 0.25) is 0 Å². The molecule has 0 aliphatic carbocycles. The number of para-hydroxylation sites is 1. The number of carboxylic acids is 1. The summed E-state index contributed by atoms with van der Waals surface area (Å²) in [4.78, 5) is 25.4. The molecule has 0 spiro atoms. The summed E-state index contributed by atoms with van der Waals surface area (Å²) < 4.78 is 5.48. The van der Waals surface area contributed by atoms with Crippen LogP contribution in [0.3, 0.4) is 0 Å². The van der Waals surface area contributed by atoms with Crippen molar-refractivity contribution in [3.8, 4) is 5.75 Å². The molecule has 1 N–H and O–H groups in total. The highest BCUT2D eigenvalue weighted by molar-refractivity contribution is 5.97. The van der Waals surface area contributed by atoms with Gasteiger partial charge in [-0.25, -0.2) is 0 Å². The molecule has 112 valence electrons. The molecule has 21 heavy (non-hydrogen) atoms. The Morgan fingerprint density at radius 2 is 2.19 bits per heavy atom. The first-order chi connectivity index (χ1) is 9.98. The van der Waals surface area contributed by atoms with E-state index in [1.807, 2.05) is 0 Å². The van der Waals surface area contributed by atoms with Gasteiger partial charge in [0, 0.05) is 13.1 Å². The van der Waals surface area contributed by atoms with Crippen molar-refractivity contribution in [2.24, 2.45) is 5.41 Å². The molecule has 1 amide bonds. The lowest BCUT2D eigenvalue weighted by molar-refractivity contribution is -0.147. The molecule has 1 aliphatic rings. The SMILES string of the molecule is C=CCOc1ccccc1C(=O)N1CCC(C)(C(=O)O)C1. The summed E-state index contributed by atoms with van der Waals surface area (Å²) in [6.45, 7) is 6.23. The van der Waals surface area contributed by atoms with Gasteiger partial charge in [-0.3, -0.25) is 9.59 Å². The van der Waals surface area contributed by atoms with Crippen LogP contribution in [0, 0.1) is 5.41 Å². The summed E-state index contributed by atoms with van der Waals surface area (Å²) in [6.07, 6.45) is 2.07. The molecule has 0 aromatic heterocycles. The lowest BCUT2D eigenvalue weighted by Gasteiger charge is -2.21. The van der Waals surface area contributed by atoms with Crippen LogP contribution in [-0.2, 0) is 4.79 Å². The van der Waals surface area contributed by atoms with Crippen LogP contribution in [-0.4, -0.2) is 41.6 Å². The first-order valence-corrected chi connectivity index (χ1v) is 6.83. The van der Waals surface area contributed by atoms with Gasteiger partial charge in [-0.1, -0.05) is 24.8 Å². The molecule has 1 aromatic rings. The molecular formula is C16H19NO4. The standard InChI is InChI=1S/C16H19NO4/c1-3-10-21-13-7-5-4-6-12(13)14(18)17-9-8-16(2,11-17)15(19)20/h3-7H,1,8-11H2,2H3,(H,19,20). The molecule has 1 saturated heterocycles. The van der Waals surface area contributed by atoms with E-state index in [-0.39, 0.29) is 12.5 Å². The van der Waals surface area contributed by atoms with Crippen molar-refractivity contribution in [1.29, 1.82) is 0 Å². The van der Waals surface area contributed by atoms with Crippen LogP contribution in [0.25, 0.3) is 0 Å². The Hall–Kier alpha value is -2.30. The van der Waals surface area contributed by atoms with Gasteiger partial charge in [-0.15, -0.1) is 0 Å². The van der Waals surface area contributed by atoms with Gasteiger partial charge in [0.25, 0.3) is 5.91 Å². The Bertz CT molecular complexity index is 569. The monoisotopic (exact) mass is 289 g/mol. The number of aliphatic carboxylic acids is 1. The number of carbonyl (C=O) groups is 2. The van der Waals surface area contributed by atoms with E-state index in [9.17, 15) is 14.7 Å². The largest absolute Gasteiger partial charge is 0.489 e. The number of hydrogen-bond donors (Lipinski definition) is 1. The number of likely N-dealkylation sites (tertiary alicyclic amines) is 1. The predicted molar refractivity (Wildman–Crippen MR) is 78.4 cm³/mol. The second-order valence-electron chi connectivity index (χ2n) is 5.44. The maximum Gasteiger partial charge on any atom is 0.311 e. The van der Waals surface area contributed by atoms with E-state index >= 15 is 0 Å². The van der Waals surface area contributed by atoms with Crippen molar-refractivity contribution in [3.63, 3.8) is 0 Å². The number of amides is 1. The lowest BCUT2D eigenvalue weighted by atomic mass is 9.90. The fourth-order valence-electron chi connectivity index (χ4n) is 2.40. The molecule has 1 atom stereocenters. The predicted octanol–water partition coefficient (Wildman–Crippen LogP) is 2.19. The van der Waals surface area contributed by atoms with Gasteiger partial charge in [0.05, 0.1) is 11.0 Å². The zero-order chi connectivity index (χ0) is 15.5. The number of hydrogen-bond acceptors (Lipinski definition) is 3. The van der Waals surface area contributed by atoms with Crippen LogP contribution in [0.1, 0.15) is 23.7 Å². The minimum absolute atomic E-state index is 0.195. The zero-order valence-corrected chi connectivity index (χ0v) is 12.0. The molecule has 2 rings (SSSR count). The fraction of sp³-hybridized carbons (Fsp3) is 0.375. The van der Waals surface area contributed by atoms with E-state index in [0.717, 1.165) is 0 Å². The molecular weight excluding hydrogens is 270 g/mol. The summed E-state index contributed by atoms with van der Waals surface area (Å²) in [5, 5.41) is 9.24. The molecule has 1 fully saturated rings. The van der Waals surface area contributed by atoms with Gasteiger partial charge in [0.15, 0.2) is 0 Å². The van der Waals surface area contributed by atoms with E-state index in [1.54, 1.807) is 42.2 Å². The Kier molecular flexibility index (Phi) is 4.31. The average Bonchev–Trinajstić information content (AvgIpc) is 2.89. The van der Waals surface area contributed by atoms with Crippen LogP contribution in [0.5, 0.6) is 5.75 Å². The Balaban J connectivity index is 2.18. The third-order valence-electron chi connectivity index (χ3n) is 3.75. The fourth-order valence-corrected chi connectivity index (χ4v) is 2.40. The summed E-state index contributed by atoms with van der Waals surface area (Å²) >= 11 is 0. The summed E-state index contributed by atoms with van der Waals surface area (Å²) in [7, 11) is 0. The molecule has 0 saturated carbocycles. The maximum absolute atomic E-state index is 12.6. The molecule has 1 unspecified atom stereocenters. The zero-order valence-electron chi connectivity index (χ0n) is 12.0. The Labute approximate surface area is 123 Å². The van der Waals surface area contributed by atoms with Crippen molar-refractivity contribution >= 4 is 11.9 Å². The lowest BCUT2D eigenvalue weighted by Crippen LogP contribution is -2.35.